The third-order valence-electron chi connectivity index (χ3n) is 4.25. The zero-order chi connectivity index (χ0) is 18.3. The summed E-state index contributed by atoms with van der Waals surface area (Å²) in [5, 5.41) is 3.42. The predicted molar refractivity (Wildman–Crippen MR) is 114 cm³/mol. The van der Waals surface area contributed by atoms with Gasteiger partial charge in [-0.3, -0.25) is 4.99 Å². The van der Waals surface area contributed by atoms with E-state index >= 15 is 0 Å². The van der Waals surface area contributed by atoms with Crippen LogP contribution in [0.5, 0.6) is 0 Å². The predicted octanol–water partition coefficient (Wildman–Crippen LogP) is 2.69. The molecular formula is C18H35IN4O3. The lowest BCUT2D eigenvalue weighted by molar-refractivity contribution is 0.0137. The third-order valence-corrected chi connectivity index (χ3v) is 4.25. The molecule has 0 saturated carbocycles. The van der Waals surface area contributed by atoms with E-state index in [0.29, 0.717) is 13.1 Å². The number of guanidine groups is 1. The van der Waals surface area contributed by atoms with Gasteiger partial charge < -0.3 is 24.6 Å². The summed E-state index contributed by atoms with van der Waals surface area (Å²) in [6.45, 7) is 13.2. The Morgan fingerprint density at radius 2 is 2.00 bits per heavy atom. The molecule has 1 N–H and O–H groups in total. The Morgan fingerprint density at radius 1 is 1.27 bits per heavy atom. The molecular weight excluding hydrogens is 447 g/mol. The molecule has 152 valence electrons. The van der Waals surface area contributed by atoms with Crippen molar-refractivity contribution in [2.24, 2.45) is 4.99 Å². The Morgan fingerprint density at radius 3 is 2.69 bits per heavy atom. The maximum Gasteiger partial charge on any atom is 0.410 e. The molecule has 0 aromatic rings. The number of carbonyl (C=O) groups excluding carboxylic acids is 1. The van der Waals surface area contributed by atoms with Gasteiger partial charge in [-0.2, -0.15) is 0 Å². The van der Waals surface area contributed by atoms with Crippen LogP contribution in [0.4, 0.5) is 4.79 Å². The van der Waals surface area contributed by atoms with Crippen LogP contribution in [-0.4, -0.2) is 79.4 Å². The van der Waals surface area contributed by atoms with Crippen molar-refractivity contribution in [3.63, 3.8) is 0 Å². The first-order valence-electron chi connectivity index (χ1n) is 9.51. The van der Waals surface area contributed by atoms with Crippen LogP contribution in [0.3, 0.4) is 0 Å². The fourth-order valence-corrected chi connectivity index (χ4v) is 2.95. The molecule has 1 unspecified atom stereocenters. The van der Waals surface area contributed by atoms with Crippen LogP contribution in [0, 0.1) is 0 Å². The number of ether oxygens (including phenoxy) is 2. The van der Waals surface area contributed by atoms with Gasteiger partial charge in [-0.15, -0.1) is 24.0 Å². The summed E-state index contributed by atoms with van der Waals surface area (Å²) in [5.41, 5.74) is -0.452. The lowest BCUT2D eigenvalue weighted by Crippen LogP contribution is -2.57. The molecule has 7 nitrogen and oxygen atoms in total. The van der Waals surface area contributed by atoms with E-state index in [-0.39, 0.29) is 36.1 Å². The molecule has 0 radical (unpaired) electrons. The van der Waals surface area contributed by atoms with Crippen LogP contribution >= 0.6 is 24.0 Å². The topological polar surface area (TPSA) is 66.4 Å². The fraction of sp³-hybridized carbons (Fsp3) is 0.889. The number of fused-ring (bicyclic) bond motifs is 1. The van der Waals surface area contributed by atoms with Crippen molar-refractivity contribution in [1.82, 2.24) is 15.1 Å². The van der Waals surface area contributed by atoms with Crippen LogP contribution in [0.1, 0.15) is 47.0 Å². The molecule has 0 aliphatic carbocycles. The Balaban J connectivity index is 0.00000338. The van der Waals surface area contributed by atoms with Crippen molar-refractivity contribution >= 4 is 36.0 Å². The monoisotopic (exact) mass is 482 g/mol. The first kappa shape index (κ1) is 23.3. The molecule has 0 aromatic heterocycles. The molecule has 2 aliphatic heterocycles. The normalized spacial score (nSPS) is 19.5. The van der Waals surface area contributed by atoms with E-state index in [0.717, 1.165) is 51.6 Å². The number of carbonyl (C=O) groups is 1. The van der Waals surface area contributed by atoms with Crippen LogP contribution in [0.2, 0.25) is 0 Å². The maximum absolute atomic E-state index is 12.2. The van der Waals surface area contributed by atoms with Crippen molar-refractivity contribution < 1.29 is 14.3 Å². The van der Waals surface area contributed by atoms with Crippen molar-refractivity contribution in [3.8, 4) is 0 Å². The van der Waals surface area contributed by atoms with Gasteiger partial charge in [0.1, 0.15) is 5.60 Å². The van der Waals surface area contributed by atoms with Gasteiger partial charge in [0.05, 0.1) is 12.6 Å². The Kier molecular flexibility index (Phi) is 9.99. The number of amides is 1. The summed E-state index contributed by atoms with van der Waals surface area (Å²) >= 11 is 0. The summed E-state index contributed by atoms with van der Waals surface area (Å²) in [5.74, 6) is 0.961. The van der Waals surface area contributed by atoms with Gasteiger partial charge >= 0.3 is 6.09 Å². The quantitative estimate of drug-likeness (QED) is 0.447. The molecule has 0 bridgehead atoms. The number of unbranched alkanes of at least 4 members (excludes halogenated alkanes) is 1. The fourth-order valence-electron chi connectivity index (χ4n) is 2.95. The number of aliphatic imine (C=N–C) groups is 1. The molecule has 26 heavy (non-hydrogen) atoms. The van der Waals surface area contributed by atoms with E-state index in [1.54, 1.807) is 4.90 Å². The van der Waals surface area contributed by atoms with Crippen molar-refractivity contribution in [2.45, 2.75) is 58.6 Å². The van der Waals surface area contributed by atoms with E-state index in [2.05, 4.69) is 22.1 Å². The summed E-state index contributed by atoms with van der Waals surface area (Å²) < 4.78 is 11.0. The summed E-state index contributed by atoms with van der Waals surface area (Å²) in [7, 11) is 0. The minimum atomic E-state index is -0.452. The molecule has 1 saturated heterocycles. The second-order valence-corrected chi connectivity index (χ2v) is 7.68. The highest BCUT2D eigenvalue weighted by atomic mass is 127. The zero-order valence-corrected chi connectivity index (χ0v) is 19.0. The van der Waals surface area contributed by atoms with Gasteiger partial charge in [0, 0.05) is 39.4 Å². The van der Waals surface area contributed by atoms with Gasteiger partial charge in [0.2, 0.25) is 0 Å². The highest BCUT2D eigenvalue weighted by molar-refractivity contribution is 14.0. The molecule has 0 spiro atoms. The van der Waals surface area contributed by atoms with E-state index in [1.807, 2.05) is 20.8 Å². The first-order valence-corrected chi connectivity index (χ1v) is 9.51. The van der Waals surface area contributed by atoms with Crippen LogP contribution in [-0.2, 0) is 9.47 Å². The van der Waals surface area contributed by atoms with Gasteiger partial charge in [0.15, 0.2) is 5.96 Å². The molecule has 0 aromatic carbocycles. The second-order valence-electron chi connectivity index (χ2n) is 7.68. The first-order chi connectivity index (χ1) is 11.9. The molecule has 1 amide bonds. The average Bonchev–Trinajstić information content (AvgIpc) is 2.95. The maximum atomic E-state index is 12.2. The molecule has 2 aliphatic rings. The molecule has 1 fully saturated rings. The minimum Gasteiger partial charge on any atom is -0.444 e. The Hall–Kier alpha value is -0.770. The van der Waals surface area contributed by atoms with E-state index in [1.165, 1.54) is 6.42 Å². The molecule has 8 heteroatoms. The van der Waals surface area contributed by atoms with Crippen molar-refractivity contribution in [1.29, 1.82) is 0 Å². The van der Waals surface area contributed by atoms with Crippen LogP contribution < -0.4 is 5.32 Å². The summed E-state index contributed by atoms with van der Waals surface area (Å²) in [6.07, 6.45) is 3.05. The number of piperazine rings is 1. The lowest BCUT2D eigenvalue weighted by Gasteiger charge is -2.39. The van der Waals surface area contributed by atoms with Gasteiger partial charge in [0.25, 0.3) is 0 Å². The Labute approximate surface area is 174 Å². The van der Waals surface area contributed by atoms with Crippen LogP contribution in [0.25, 0.3) is 0 Å². The van der Waals surface area contributed by atoms with Gasteiger partial charge in [-0.05, 0) is 33.6 Å². The van der Waals surface area contributed by atoms with E-state index in [9.17, 15) is 4.79 Å². The van der Waals surface area contributed by atoms with Gasteiger partial charge in [-0.1, -0.05) is 13.3 Å². The largest absolute Gasteiger partial charge is 0.444 e. The lowest BCUT2D eigenvalue weighted by atomic mass is 10.2. The second kappa shape index (κ2) is 11.2. The third kappa shape index (κ3) is 7.46. The zero-order valence-electron chi connectivity index (χ0n) is 16.6. The van der Waals surface area contributed by atoms with Crippen molar-refractivity contribution in [3.05, 3.63) is 0 Å². The SMILES string of the molecule is CCCCOCCCNC1=NCC2CN(C(=O)OC(C)(C)C)CCN12.I. The number of nitrogens with zero attached hydrogens (tertiary/aromatic N) is 3. The molecule has 2 rings (SSSR count). The van der Waals surface area contributed by atoms with Crippen LogP contribution in [0.15, 0.2) is 4.99 Å². The number of rotatable bonds is 7. The minimum absolute atomic E-state index is 0. The van der Waals surface area contributed by atoms with E-state index in [4.69, 9.17) is 9.47 Å². The molecule has 2 heterocycles. The summed E-state index contributed by atoms with van der Waals surface area (Å²) in [4.78, 5) is 20.9. The number of hydrogen-bond donors (Lipinski definition) is 1. The Bertz CT molecular complexity index is 468. The number of halogens is 1. The number of nitrogens with one attached hydrogen (secondary N) is 1. The standard InChI is InChI=1S/C18H34N4O3.HI/c1-5-6-11-24-12-7-8-19-16-20-13-15-14-21(9-10-22(15)16)17(23)25-18(2,3)4;/h15H,5-14H2,1-4H3,(H,19,20);1H. The molecule has 1 atom stereocenters. The smallest absolute Gasteiger partial charge is 0.410 e. The van der Waals surface area contributed by atoms with E-state index < -0.39 is 5.60 Å². The number of hydrogen-bond acceptors (Lipinski definition) is 6. The van der Waals surface area contributed by atoms with Crippen molar-refractivity contribution in [2.75, 3.05) is 45.9 Å². The highest BCUT2D eigenvalue weighted by Crippen LogP contribution is 2.18. The average molecular weight is 482 g/mol. The highest BCUT2D eigenvalue weighted by Gasteiger charge is 2.36. The van der Waals surface area contributed by atoms with Gasteiger partial charge in [-0.25, -0.2) is 4.79 Å². The summed E-state index contributed by atoms with van der Waals surface area (Å²) in [6, 6.07) is 0.254.